The molecule has 27 heavy (non-hydrogen) atoms. The monoisotopic (exact) mass is 377 g/mol. The Morgan fingerprint density at radius 3 is 2.37 bits per heavy atom. The van der Waals surface area contributed by atoms with Gasteiger partial charge in [0.15, 0.2) is 0 Å². The number of nitrogens with zero attached hydrogens (tertiary/aromatic N) is 1. The zero-order valence-electron chi connectivity index (χ0n) is 15.0. The van der Waals surface area contributed by atoms with Crippen molar-refractivity contribution in [3.8, 4) is 0 Å². The average molecular weight is 377 g/mol. The highest BCUT2D eigenvalue weighted by Gasteiger charge is 2.33. The molecule has 0 spiro atoms. The van der Waals surface area contributed by atoms with Crippen molar-refractivity contribution in [3.63, 3.8) is 0 Å². The van der Waals surface area contributed by atoms with E-state index in [2.05, 4.69) is 10.6 Å². The first kappa shape index (κ1) is 19.1. The van der Waals surface area contributed by atoms with Crippen LogP contribution in [0.5, 0.6) is 0 Å². The van der Waals surface area contributed by atoms with E-state index in [1.807, 2.05) is 24.0 Å². The van der Waals surface area contributed by atoms with Gasteiger partial charge >= 0.3 is 12.2 Å². The van der Waals surface area contributed by atoms with Gasteiger partial charge in [-0.2, -0.15) is 13.2 Å². The molecule has 2 aromatic carbocycles. The Morgan fingerprint density at radius 1 is 1.11 bits per heavy atom. The summed E-state index contributed by atoms with van der Waals surface area (Å²) in [5.74, 6) is 0. The molecular formula is C20H22F3N3O. The Bertz CT molecular complexity index is 786. The van der Waals surface area contributed by atoms with Gasteiger partial charge < -0.3 is 15.5 Å². The van der Waals surface area contributed by atoms with Gasteiger partial charge in [0.1, 0.15) is 0 Å². The fourth-order valence-electron chi connectivity index (χ4n) is 2.89. The minimum Gasteiger partial charge on any atom is -0.355 e. The van der Waals surface area contributed by atoms with E-state index in [9.17, 15) is 18.0 Å². The number of urea groups is 1. The molecule has 2 aromatic rings. The van der Waals surface area contributed by atoms with E-state index >= 15 is 0 Å². The van der Waals surface area contributed by atoms with Crippen LogP contribution in [0.4, 0.5) is 29.3 Å². The summed E-state index contributed by atoms with van der Waals surface area (Å²) in [6.45, 7) is 2.93. The lowest BCUT2D eigenvalue weighted by molar-refractivity contribution is -0.136. The molecule has 3 rings (SSSR count). The Hall–Kier alpha value is -2.70. The topological polar surface area (TPSA) is 44.4 Å². The molecule has 0 bridgehead atoms. The third-order valence-corrected chi connectivity index (χ3v) is 4.39. The highest BCUT2D eigenvalue weighted by atomic mass is 19.4. The summed E-state index contributed by atoms with van der Waals surface area (Å²) >= 11 is 0. The fraction of sp³-hybridized carbons (Fsp3) is 0.350. The maximum Gasteiger partial charge on any atom is 0.418 e. The lowest BCUT2D eigenvalue weighted by Gasteiger charge is -2.23. The zero-order chi connectivity index (χ0) is 19.4. The third kappa shape index (κ3) is 4.93. The summed E-state index contributed by atoms with van der Waals surface area (Å²) in [7, 11) is 0. The van der Waals surface area contributed by atoms with Gasteiger partial charge in [-0.15, -0.1) is 0 Å². The molecule has 1 aliphatic carbocycles. The van der Waals surface area contributed by atoms with Gasteiger partial charge in [0, 0.05) is 24.8 Å². The smallest absolute Gasteiger partial charge is 0.355 e. The van der Waals surface area contributed by atoms with Crippen LogP contribution in [0.15, 0.2) is 48.5 Å². The van der Waals surface area contributed by atoms with Crippen LogP contribution in [-0.4, -0.2) is 23.5 Å². The number of halogens is 3. The average Bonchev–Trinajstić information content (AvgIpc) is 3.46. The predicted octanol–water partition coefficient (Wildman–Crippen LogP) is 5.14. The molecule has 1 saturated carbocycles. The molecule has 0 unspecified atom stereocenters. The minimum absolute atomic E-state index is 0.0136. The van der Waals surface area contributed by atoms with Crippen LogP contribution < -0.4 is 10.6 Å². The molecule has 4 nitrogen and oxygen atoms in total. The standard InChI is InChI=1S/C20H22F3N3O/c1-2-24-19(27)26(16-11-12-16)13-14-7-9-15(10-8-14)25-18-6-4-3-5-17(18)20(21,22)23/h3-10,16,25H,2,11-13H2,1H3,(H,24,27). The summed E-state index contributed by atoms with van der Waals surface area (Å²) < 4.78 is 39.3. The number of alkyl halides is 3. The number of rotatable bonds is 6. The third-order valence-electron chi connectivity index (χ3n) is 4.39. The second-order valence-corrected chi connectivity index (χ2v) is 6.56. The SMILES string of the molecule is CCNC(=O)N(Cc1ccc(Nc2ccccc2C(F)(F)F)cc1)C1CC1. The van der Waals surface area contributed by atoms with Crippen LogP contribution in [0.3, 0.4) is 0 Å². The van der Waals surface area contributed by atoms with Gasteiger partial charge in [-0.05, 0) is 49.6 Å². The predicted molar refractivity (Wildman–Crippen MR) is 98.8 cm³/mol. The van der Waals surface area contributed by atoms with Gasteiger partial charge in [0.25, 0.3) is 0 Å². The van der Waals surface area contributed by atoms with Crippen LogP contribution >= 0.6 is 0 Å². The molecule has 0 heterocycles. The zero-order valence-corrected chi connectivity index (χ0v) is 15.0. The van der Waals surface area contributed by atoms with Crippen LogP contribution in [0.25, 0.3) is 0 Å². The van der Waals surface area contributed by atoms with Crippen molar-refractivity contribution in [2.24, 2.45) is 0 Å². The molecule has 0 aliphatic heterocycles. The number of para-hydroxylation sites is 1. The van der Waals surface area contributed by atoms with Crippen LogP contribution in [-0.2, 0) is 12.7 Å². The van der Waals surface area contributed by atoms with Crippen molar-refractivity contribution in [3.05, 3.63) is 59.7 Å². The number of hydrogen-bond donors (Lipinski definition) is 2. The number of carbonyl (C=O) groups is 1. The van der Waals surface area contributed by atoms with Crippen molar-refractivity contribution in [2.45, 2.75) is 38.5 Å². The number of nitrogens with one attached hydrogen (secondary N) is 2. The Labute approximate surface area is 156 Å². The largest absolute Gasteiger partial charge is 0.418 e. The molecule has 0 radical (unpaired) electrons. The van der Waals surface area contributed by atoms with Crippen LogP contribution in [0, 0.1) is 0 Å². The second kappa shape index (κ2) is 7.90. The minimum atomic E-state index is -4.42. The van der Waals surface area contributed by atoms with Gasteiger partial charge in [0.05, 0.1) is 11.3 Å². The number of anilines is 2. The first-order valence-electron chi connectivity index (χ1n) is 8.95. The van der Waals surface area contributed by atoms with E-state index < -0.39 is 11.7 Å². The molecule has 0 saturated heterocycles. The summed E-state index contributed by atoms with van der Waals surface area (Å²) in [4.78, 5) is 14.0. The lowest BCUT2D eigenvalue weighted by Crippen LogP contribution is -2.40. The van der Waals surface area contributed by atoms with Gasteiger partial charge in [-0.3, -0.25) is 0 Å². The van der Waals surface area contributed by atoms with Gasteiger partial charge in [-0.1, -0.05) is 24.3 Å². The molecule has 2 N–H and O–H groups in total. The second-order valence-electron chi connectivity index (χ2n) is 6.56. The van der Waals surface area contributed by atoms with Crippen molar-refractivity contribution < 1.29 is 18.0 Å². The quantitative estimate of drug-likeness (QED) is 0.732. The normalized spacial score (nSPS) is 13.9. The van der Waals surface area contributed by atoms with Crippen molar-refractivity contribution in [1.82, 2.24) is 10.2 Å². The van der Waals surface area contributed by atoms with Crippen molar-refractivity contribution >= 4 is 17.4 Å². The first-order valence-corrected chi connectivity index (χ1v) is 8.95. The summed E-state index contributed by atoms with van der Waals surface area (Å²) in [5.41, 5.74) is 0.805. The number of benzene rings is 2. The molecule has 1 fully saturated rings. The summed E-state index contributed by atoms with van der Waals surface area (Å²) in [5, 5.41) is 5.64. The fourth-order valence-corrected chi connectivity index (χ4v) is 2.89. The number of hydrogen-bond acceptors (Lipinski definition) is 2. The molecule has 7 heteroatoms. The molecule has 144 valence electrons. The van der Waals surface area contributed by atoms with E-state index in [4.69, 9.17) is 0 Å². The Balaban J connectivity index is 1.70. The van der Waals surface area contributed by atoms with E-state index in [0.29, 0.717) is 18.8 Å². The molecular weight excluding hydrogens is 355 g/mol. The molecule has 0 atom stereocenters. The van der Waals surface area contributed by atoms with Crippen molar-refractivity contribution in [2.75, 3.05) is 11.9 Å². The Kier molecular flexibility index (Phi) is 5.58. The van der Waals surface area contributed by atoms with E-state index in [0.717, 1.165) is 24.5 Å². The van der Waals surface area contributed by atoms with Gasteiger partial charge in [0.2, 0.25) is 0 Å². The molecule has 2 amide bonds. The number of carbonyl (C=O) groups excluding carboxylic acids is 1. The van der Waals surface area contributed by atoms with E-state index in [1.54, 1.807) is 18.2 Å². The van der Waals surface area contributed by atoms with Crippen LogP contribution in [0.2, 0.25) is 0 Å². The number of amides is 2. The maximum absolute atomic E-state index is 13.1. The summed E-state index contributed by atoms with van der Waals surface area (Å²) in [6.07, 6.45) is -2.41. The Morgan fingerprint density at radius 2 is 1.78 bits per heavy atom. The van der Waals surface area contributed by atoms with E-state index in [1.165, 1.54) is 12.1 Å². The maximum atomic E-state index is 13.1. The van der Waals surface area contributed by atoms with Gasteiger partial charge in [-0.25, -0.2) is 4.79 Å². The highest BCUT2D eigenvalue weighted by Crippen LogP contribution is 2.36. The first-order chi connectivity index (χ1) is 12.9. The molecule has 0 aromatic heterocycles. The highest BCUT2D eigenvalue weighted by molar-refractivity contribution is 5.75. The van der Waals surface area contributed by atoms with E-state index in [-0.39, 0.29) is 17.8 Å². The summed E-state index contributed by atoms with van der Waals surface area (Å²) in [6, 6.07) is 12.7. The lowest BCUT2D eigenvalue weighted by atomic mass is 10.1. The van der Waals surface area contributed by atoms with Crippen molar-refractivity contribution in [1.29, 1.82) is 0 Å². The molecule has 1 aliphatic rings. The van der Waals surface area contributed by atoms with Crippen LogP contribution in [0.1, 0.15) is 30.9 Å².